The Labute approximate surface area is 68.6 Å². The topological polar surface area (TPSA) is 9.23 Å². The van der Waals surface area contributed by atoms with Crippen molar-refractivity contribution >= 4 is 43.2 Å². The maximum absolute atomic E-state index is 4.65. The molecule has 0 aliphatic rings. The summed E-state index contributed by atoms with van der Waals surface area (Å²) in [4.78, 5) is 0. The van der Waals surface area contributed by atoms with E-state index in [1.807, 2.05) is 15.8 Å². The van der Waals surface area contributed by atoms with Crippen molar-refractivity contribution in [2.45, 2.75) is 0 Å². The van der Waals surface area contributed by atoms with E-state index in [-0.39, 0.29) is 0 Å². The summed E-state index contributed by atoms with van der Waals surface area (Å²) in [5.74, 6) is 0. The van der Waals surface area contributed by atoms with E-state index < -0.39 is 15.5 Å². The Morgan fingerprint density at radius 1 is 1.67 bits per heavy atom. The summed E-state index contributed by atoms with van der Waals surface area (Å²) < 4.78 is 4.65. The van der Waals surface area contributed by atoms with Crippen molar-refractivity contribution in [2.24, 2.45) is 0 Å². The molecule has 0 heterocycles. The van der Waals surface area contributed by atoms with E-state index in [9.17, 15) is 0 Å². The molecule has 0 aliphatic heterocycles. The molecule has 0 N–H and O–H groups in total. The van der Waals surface area contributed by atoms with Gasteiger partial charge in [0.05, 0.1) is 0 Å². The van der Waals surface area contributed by atoms with Gasteiger partial charge < -0.3 is 0 Å². The van der Waals surface area contributed by atoms with Crippen molar-refractivity contribution < 1.29 is 19.1 Å². The molecule has 0 atom stereocenters. The fraction of sp³-hybridized carbons (Fsp3) is 1.00. The van der Waals surface area contributed by atoms with Crippen molar-refractivity contribution in [2.75, 3.05) is 7.11 Å². The quantitative estimate of drug-likeness (QED) is 0.650. The fourth-order valence-electron chi connectivity index (χ4n) is 0. The Morgan fingerprint density at radius 2 is 1.83 bits per heavy atom. The number of hydrogen-bond acceptors (Lipinski definition) is 1. The van der Waals surface area contributed by atoms with Crippen LogP contribution >= 0.6 is 27.4 Å². The third-order valence-electron chi connectivity index (χ3n) is 0.109. The minimum atomic E-state index is -0.576. The third-order valence-corrected chi connectivity index (χ3v) is 2.95. The molecular weight excluding hydrogens is 260 g/mol. The summed E-state index contributed by atoms with van der Waals surface area (Å²) in [6.07, 6.45) is 0. The Kier molecular flexibility index (Phi) is 28.8. The van der Waals surface area contributed by atoms with Gasteiger partial charge in [-0.2, -0.15) is 0 Å². The molecule has 0 aromatic carbocycles. The Morgan fingerprint density at radius 3 is 1.83 bits per heavy atom. The second-order valence-electron chi connectivity index (χ2n) is 0.398. The van der Waals surface area contributed by atoms with Crippen LogP contribution in [0.5, 0.6) is 0 Å². The summed E-state index contributed by atoms with van der Waals surface area (Å²) in [6, 6.07) is 0. The van der Waals surface area contributed by atoms with Crippen molar-refractivity contribution in [1.29, 1.82) is 0 Å². The molecule has 0 rings (SSSR count). The molecule has 5 heteroatoms. The first-order chi connectivity index (χ1) is 2.91. The fourth-order valence-corrected chi connectivity index (χ4v) is 0. The molecule has 0 aromatic rings. The molecule has 1 nitrogen and oxygen atoms in total. The van der Waals surface area contributed by atoms with Gasteiger partial charge in [-0.3, -0.25) is 0 Å². The number of rotatable bonds is 1. The van der Waals surface area contributed by atoms with Gasteiger partial charge in [-0.25, -0.2) is 0 Å². The van der Waals surface area contributed by atoms with Crippen LogP contribution in [0, 0.1) is 0 Å². The molecule has 30 valence electrons. The molecule has 6 heavy (non-hydrogen) atoms. The summed E-state index contributed by atoms with van der Waals surface area (Å²) in [7, 11) is 1.72. The van der Waals surface area contributed by atoms with Gasteiger partial charge in [0.15, 0.2) is 0 Å². The summed E-state index contributed by atoms with van der Waals surface area (Å²) in [6.45, 7) is 0. The predicted molar refractivity (Wildman–Crippen MR) is 30.6 cm³/mol. The maximum atomic E-state index is 4.65. The molecule has 0 bridgehead atoms. The van der Waals surface area contributed by atoms with Gasteiger partial charge in [-0.1, -0.05) is 0 Å². The number of hydrogen-bond donors (Lipinski definition) is 0. The van der Waals surface area contributed by atoms with E-state index in [0.717, 1.165) is 0 Å². The molecule has 0 unspecified atom stereocenters. The third kappa shape index (κ3) is 16.5. The molecule has 0 fully saturated rings. The van der Waals surface area contributed by atoms with E-state index in [1.54, 1.807) is 7.11 Å². The van der Waals surface area contributed by atoms with Crippen LogP contribution in [0.2, 0.25) is 0 Å². The van der Waals surface area contributed by atoms with E-state index in [4.69, 9.17) is 0 Å². The molecule has 0 aliphatic carbocycles. The van der Waals surface area contributed by atoms with Gasteiger partial charge in [0.1, 0.15) is 0 Å². The molecule has 0 amide bonds. The second-order valence-corrected chi connectivity index (χ2v) is 4.45. The normalized spacial score (nSPS) is 4.83. The van der Waals surface area contributed by atoms with Gasteiger partial charge in [0.25, 0.3) is 0 Å². The van der Waals surface area contributed by atoms with Crippen molar-refractivity contribution in [3.8, 4) is 0 Å². The first kappa shape index (κ1) is 11.0. The van der Waals surface area contributed by atoms with Crippen LogP contribution in [0.25, 0.3) is 0 Å². The summed E-state index contributed by atoms with van der Waals surface area (Å²) >= 11 is 7.39. The molecular formula is CH3Br2LiOZn. The average Bonchev–Trinajstić information content (AvgIpc) is 1.72. The van der Waals surface area contributed by atoms with Gasteiger partial charge in [-0.15, -0.1) is 0 Å². The van der Waals surface area contributed by atoms with Gasteiger partial charge in [-0.05, 0) is 0 Å². The van der Waals surface area contributed by atoms with Crippen molar-refractivity contribution in [1.82, 2.24) is 0 Å². The van der Waals surface area contributed by atoms with Crippen molar-refractivity contribution in [3.63, 3.8) is 0 Å². The monoisotopic (exact) mass is 260 g/mol. The zero-order chi connectivity index (χ0) is 5.41. The Bertz CT molecular complexity index is 15.5. The van der Waals surface area contributed by atoms with Crippen LogP contribution in [-0.2, 0) is 19.1 Å². The molecule has 0 aromatic heterocycles. The Hall–Kier alpha value is 2.14. The molecule has 0 radical (unpaired) electrons. The van der Waals surface area contributed by atoms with Crippen LogP contribution in [-0.4, -0.2) is 22.9 Å². The summed E-state index contributed by atoms with van der Waals surface area (Å²) in [5.41, 5.74) is 0. The molecule has 0 saturated heterocycles. The number of halogens is 2. The van der Waals surface area contributed by atoms with E-state index in [0.29, 0.717) is 0 Å². The Balaban J connectivity index is 0. The van der Waals surface area contributed by atoms with E-state index >= 15 is 0 Å². The SMILES string of the molecule is C[O][Zn][Br].[Li][Br]. The van der Waals surface area contributed by atoms with Crippen molar-refractivity contribution in [3.05, 3.63) is 0 Å². The minimum absolute atomic E-state index is 0.576. The van der Waals surface area contributed by atoms with E-state index in [1.165, 1.54) is 0 Å². The van der Waals surface area contributed by atoms with E-state index in [2.05, 4.69) is 30.9 Å². The van der Waals surface area contributed by atoms with Gasteiger partial charge in [0.2, 0.25) is 0 Å². The predicted octanol–water partition coefficient (Wildman–Crippen LogP) is 1.41. The molecule has 0 saturated carbocycles. The van der Waals surface area contributed by atoms with Gasteiger partial charge in [0, 0.05) is 0 Å². The van der Waals surface area contributed by atoms with Crippen LogP contribution in [0.4, 0.5) is 0 Å². The zero-order valence-corrected chi connectivity index (χ0v) is 10.0. The second kappa shape index (κ2) is 15.7. The van der Waals surface area contributed by atoms with Crippen LogP contribution < -0.4 is 0 Å². The first-order valence-corrected chi connectivity index (χ1v) is 11.1. The van der Waals surface area contributed by atoms with Crippen LogP contribution in [0.1, 0.15) is 0 Å². The van der Waals surface area contributed by atoms with Crippen LogP contribution in [0.15, 0.2) is 0 Å². The summed E-state index contributed by atoms with van der Waals surface area (Å²) in [5, 5.41) is 0. The molecule has 0 spiro atoms. The zero-order valence-electron chi connectivity index (χ0n) is 3.87. The average molecular weight is 263 g/mol. The van der Waals surface area contributed by atoms with Crippen LogP contribution in [0.3, 0.4) is 0 Å². The first-order valence-electron chi connectivity index (χ1n) is 1.34. The standard InChI is InChI=1S/CH3O.2BrH.Li.Zn/c1-2;;;;/h1H3;2*1H;;/q-1;;;+1;+2/p-2. The van der Waals surface area contributed by atoms with Gasteiger partial charge >= 0.3 is 69.4 Å².